The number of hydrogen-bond acceptors (Lipinski definition) is 4. The topological polar surface area (TPSA) is 64.9 Å². The van der Waals surface area contributed by atoms with E-state index in [2.05, 4.69) is 10.3 Å². The molecular formula is C24H23N3O3. The predicted molar refractivity (Wildman–Crippen MR) is 116 cm³/mol. The molecule has 0 radical (unpaired) electrons. The zero-order valence-electron chi connectivity index (χ0n) is 17.2. The summed E-state index contributed by atoms with van der Waals surface area (Å²) in [4.78, 5) is 17.1. The first-order chi connectivity index (χ1) is 14.5. The minimum absolute atomic E-state index is 0.207. The average Bonchev–Trinajstić information content (AvgIpc) is 3.15. The molecule has 0 atom stereocenters. The van der Waals surface area contributed by atoms with Crippen LogP contribution in [0.4, 0.5) is 5.69 Å². The molecule has 2 heterocycles. The highest BCUT2D eigenvalue weighted by molar-refractivity contribution is 6.05. The summed E-state index contributed by atoms with van der Waals surface area (Å²) in [7, 11) is 1.58. The molecule has 0 spiro atoms. The Kier molecular flexibility index (Phi) is 5.39. The van der Waals surface area contributed by atoms with E-state index in [0.717, 1.165) is 16.9 Å². The number of anilines is 1. The Morgan fingerprint density at radius 1 is 1.00 bits per heavy atom. The molecule has 0 unspecified atom stereocenters. The van der Waals surface area contributed by atoms with Gasteiger partial charge in [-0.25, -0.2) is 4.98 Å². The van der Waals surface area contributed by atoms with Gasteiger partial charge < -0.3 is 19.2 Å². The number of rotatable bonds is 6. The number of ether oxygens (including phenoxy) is 2. The van der Waals surface area contributed by atoms with Gasteiger partial charge in [0, 0.05) is 18.0 Å². The Hall–Kier alpha value is -3.80. The molecule has 0 aliphatic carbocycles. The van der Waals surface area contributed by atoms with Crippen LogP contribution in [0, 0.1) is 13.8 Å². The highest BCUT2D eigenvalue weighted by Crippen LogP contribution is 2.26. The molecule has 0 aliphatic rings. The lowest BCUT2D eigenvalue weighted by atomic mass is 10.1. The van der Waals surface area contributed by atoms with Crippen molar-refractivity contribution in [3.8, 4) is 11.5 Å². The number of carbonyl (C=O) groups is 1. The van der Waals surface area contributed by atoms with Gasteiger partial charge in [0.25, 0.3) is 5.91 Å². The van der Waals surface area contributed by atoms with Gasteiger partial charge in [-0.15, -0.1) is 0 Å². The van der Waals surface area contributed by atoms with Crippen LogP contribution in [0.2, 0.25) is 0 Å². The number of benzene rings is 2. The van der Waals surface area contributed by atoms with Crippen LogP contribution in [0.5, 0.6) is 11.5 Å². The number of methoxy groups -OCH3 is 1. The van der Waals surface area contributed by atoms with Gasteiger partial charge in [-0.2, -0.15) is 0 Å². The fraction of sp³-hybridized carbons (Fsp3) is 0.167. The van der Waals surface area contributed by atoms with Gasteiger partial charge in [-0.1, -0.05) is 12.1 Å². The standard InChI is InChI=1S/C24H23N3O3/c1-16-4-10-22(29-3)21(12-16)26-24(28)18-6-8-20(9-7-18)30-15-19-14-27-13-17(2)5-11-23(27)25-19/h4-14H,15H2,1-3H3,(H,26,28). The summed E-state index contributed by atoms with van der Waals surface area (Å²) < 4.78 is 13.1. The smallest absolute Gasteiger partial charge is 0.255 e. The van der Waals surface area contributed by atoms with E-state index in [0.29, 0.717) is 29.4 Å². The van der Waals surface area contributed by atoms with Crippen LogP contribution in [0.3, 0.4) is 0 Å². The van der Waals surface area contributed by atoms with Crippen LogP contribution < -0.4 is 14.8 Å². The SMILES string of the molecule is COc1ccc(C)cc1NC(=O)c1ccc(OCc2cn3cc(C)ccc3n2)cc1. The lowest BCUT2D eigenvalue weighted by Crippen LogP contribution is -2.12. The Labute approximate surface area is 175 Å². The summed E-state index contributed by atoms with van der Waals surface area (Å²) in [6.07, 6.45) is 3.99. The van der Waals surface area contributed by atoms with Crippen molar-refractivity contribution < 1.29 is 14.3 Å². The van der Waals surface area contributed by atoms with Crippen LogP contribution in [0.1, 0.15) is 27.2 Å². The molecule has 0 saturated heterocycles. The van der Waals surface area contributed by atoms with Gasteiger partial charge in [0.15, 0.2) is 0 Å². The molecule has 30 heavy (non-hydrogen) atoms. The lowest BCUT2D eigenvalue weighted by Gasteiger charge is -2.11. The first-order valence-electron chi connectivity index (χ1n) is 9.65. The zero-order valence-corrected chi connectivity index (χ0v) is 17.2. The Morgan fingerprint density at radius 3 is 2.53 bits per heavy atom. The highest BCUT2D eigenvalue weighted by Gasteiger charge is 2.11. The van der Waals surface area contributed by atoms with E-state index in [1.54, 1.807) is 31.4 Å². The molecule has 2 aromatic heterocycles. The van der Waals surface area contributed by atoms with Crippen molar-refractivity contribution in [2.75, 3.05) is 12.4 Å². The first kappa shape index (κ1) is 19.5. The summed E-state index contributed by atoms with van der Waals surface area (Å²) in [5.74, 6) is 1.09. The monoisotopic (exact) mass is 401 g/mol. The normalized spacial score (nSPS) is 10.8. The molecule has 4 rings (SSSR count). The van der Waals surface area contributed by atoms with Crippen LogP contribution in [-0.4, -0.2) is 22.4 Å². The third kappa shape index (κ3) is 4.27. The number of pyridine rings is 1. The number of amides is 1. The van der Waals surface area contributed by atoms with Gasteiger partial charge in [-0.3, -0.25) is 4.79 Å². The molecule has 4 aromatic rings. The maximum atomic E-state index is 12.6. The van der Waals surface area contributed by atoms with Crippen molar-refractivity contribution in [3.63, 3.8) is 0 Å². The van der Waals surface area contributed by atoms with Crippen LogP contribution in [0.25, 0.3) is 5.65 Å². The number of aromatic nitrogens is 2. The number of fused-ring (bicyclic) bond motifs is 1. The van der Waals surface area contributed by atoms with E-state index in [4.69, 9.17) is 9.47 Å². The molecule has 2 aromatic carbocycles. The molecule has 0 aliphatic heterocycles. The molecule has 152 valence electrons. The van der Waals surface area contributed by atoms with Crippen molar-refractivity contribution in [1.29, 1.82) is 0 Å². The first-order valence-corrected chi connectivity index (χ1v) is 9.65. The van der Waals surface area contributed by atoms with Gasteiger partial charge in [-0.05, 0) is 67.4 Å². The van der Waals surface area contributed by atoms with Crippen molar-refractivity contribution in [2.45, 2.75) is 20.5 Å². The molecular weight excluding hydrogens is 378 g/mol. The largest absolute Gasteiger partial charge is 0.495 e. The molecule has 6 heteroatoms. The van der Waals surface area contributed by atoms with Crippen molar-refractivity contribution in [1.82, 2.24) is 9.38 Å². The highest BCUT2D eigenvalue weighted by atomic mass is 16.5. The quantitative estimate of drug-likeness (QED) is 0.504. The summed E-state index contributed by atoms with van der Waals surface area (Å²) in [5.41, 5.74) is 5.12. The van der Waals surface area contributed by atoms with Gasteiger partial charge in [0.1, 0.15) is 23.8 Å². The Balaban J connectivity index is 1.41. The van der Waals surface area contributed by atoms with E-state index in [1.807, 2.05) is 61.0 Å². The minimum Gasteiger partial charge on any atom is -0.495 e. The van der Waals surface area contributed by atoms with Gasteiger partial charge in [0.05, 0.1) is 18.5 Å². The number of imidazole rings is 1. The number of nitrogens with zero attached hydrogens (tertiary/aromatic N) is 2. The van der Waals surface area contributed by atoms with Crippen molar-refractivity contribution in [3.05, 3.63) is 89.4 Å². The van der Waals surface area contributed by atoms with Crippen molar-refractivity contribution >= 4 is 17.2 Å². The molecule has 0 saturated carbocycles. The second kappa shape index (κ2) is 8.29. The van der Waals surface area contributed by atoms with Crippen LogP contribution in [0.15, 0.2) is 67.0 Å². The Morgan fingerprint density at radius 2 is 1.77 bits per heavy atom. The van der Waals surface area contributed by atoms with Crippen LogP contribution in [-0.2, 0) is 6.61 Å². The number of hydrogen-bond donors (Lipinski definition) is 1. The Bertz CT molecular complexity index is 1200. The number of aryl methyl sites for hydroxylation is 2. The van der Waals surface area contributed by atoms with E-state index in [1.165, 1.54) is 5.56 Å². The second-order valence-electron chi connectivity index (χ2n) is 7.18. The zero-order chi connectivity index (χ0) is 21.1. The average molecular weight is 401 g/mol. The maximum Gasteiger partial charge on any atom is 0.255 e. The van der Waals surface area contributed by atoms with Crippen molar-refractivity contribution in [2.24, 2.45) is 0 Å². The third-order valence-corrected chi connectivity index (χ3v) is 4.76. The third-order valence-electron chi connectivity index (χ3n) is 4.76. The molecule has 6 nitrogen and oxygen atoms in total. The van der Waals surface area contributed by atoms with E-state index in [-0.39, 0.29) is 5.91 Å². The van der Waals surface area contributed by atoms with Gasteiger partial charge >= 0.3 is 0 Å². The van der Waals surface area contributed by atoms with E-state index >= 15 is 0 Å². The molecule has 0 bridgehead atoms. The summed E-state index contributed by atoms with van der Waals surface area (Å²) in [6.45, 7) is 4.36. The minimum atomic E-state index is -0.207. The van der Waals surface area contributed by atoms with E-state index < -0.39 is 0 Å². The fourth-order valence-corrected chi connectivity index (χ4v) is 3.20. The number of nitrogens with one attached hydrogen (secondary N) is 1. The number of carbonyl (C=O) groups excluding carboxylic acids is 1. The second-order valence-corrected chi connectivity index (χ2v) is 7.18. The van der Waals surface area contributed by atoms with Crippen LogP contribution >= 0.6 is 0 Å². The summed E-state index contributed by atoms with van der Waals surface area (Å²) in [6, 6.07) is 16.7. The molecule has 1 N–H and O–H groups in total. The van der Waals surface area contributed by atoms with E-state index in [9.17, 15) is 4.79 Å². The lowest BCUT2D eigenvalue weighted by molar-refractivity contribution is 0.102. The molecule has 1 amide bonds. The summed E-state index contributed by atoms with van der Waals surface area (Å²) in [5, 5.41) is 2.90. The molecule has 0 fully saturated rings. The summed E-state index contributed by atoms with van der Waals surface area (Å²) >= 11 is 0. The van der Waals surface area contributed by atoms with Gasteiger partial charge in [0.2, 0.25) is 0 Å². The maximum absolute atomic E-state index is 12.6. The predicted octanol–water partition coefficient (Wildman–Crippen LogP) is 4.79. The fourth-order valence-electron chi connectivity index (χ4n) is 3.20.